The van der Waals surface area contributed by atoms with Crippen molar-refractivity contribution in [3.8, 4) is 0 Å². The molecular formula is C11H18Cl2. The molecule has 0 radical (unpaired) electrons. The Morgan fingerprint density at radius 3 is 1.08 bits per heavy atom. The van der Waals surface area contributed by atoms with E-state index >= 15 is 0 Å². The lowest BCUT2D eigenvalue weighted by Gasteiger charge is -2.16. The minimum atomic E-state index is -0.670. The highest BCUT2D eigenvalue weighted by Crippen LogP contribution is 2.65. The van der Waals surface area contributed by atoms with E-state index in [4.69, 9.17) is 23.2 Å². The lowest BCUT2D eigenvalue weighted by molar-refractivity contribution is 0.502. The molecule has 0 aromatic carbocycles. The average molecular weight is 221 g/mol. The van der Waals surface area contributed by atoms with Crippen LogP contribution in [0.25, 0.3) is 0 Å². The van der Waals surface area contributed by atoms with Gasteiger partial charge in [0, 0.05) is 0 Å². The van der Waals surface area contributed by atoms with Crippen LogP contribution in [0.2, 0.25) is 0 Å². The van der Waals surface area contributed by atoms with E-state index in [1.807, 2.05) is 0 Å². The monoisotopic (exact) mass is 220 g/mol. The number of hydrogen-bond donors (Lipinski definition) is 0. The topological polar surface area (TPSA) is 0 Å². The first-order valence-electron chi connectivity index (χ1n) is 4.63. The molecule has 76 valence electrons. The lowest BCUT2D eigenvalue weighted by atomic mass is 9.89. The quantitative estimate of drug-likeness (QED) is 0.415. The van der Waals surface area contributed by atoms with E-state index in [9.17, 15) is 0 Å². The van der Waals surface area contributed by atoms with Gasteiger partial charge in [-0.15, -0.1) is 0 Å². The van der Waals surface area contributed by atoms with Gasteiger partial charge in [-0.2, -0.15) is 0 Å². The fourth-order valence-electron chi connectivity index (χ4n) is 1.93. The third-order valence-corrected chi connectivity index (χ3v) is 3.07. The van der Waals surface area contributed by atoms with E-state index in [0.717, 1.165) is 0 Å². The molecule has 0 N–H and O–H groups in total. The van der Waals surface area contributed by atoms with E-state index in [1.165, 1.54) is 11.1 Å². The second kappa shape index (κ2) is 2.67. The Morgan fingerprint density at radius 1 is 0.769 bits per heavy atom. The molecule has 0 heterocycles. The molecule has 0 aliphatic heterocycles. The summed E-state index contributed by atoms with van der Waals surface area (Å²) in [6, 6.07) is 0. The third-order valence-electron chi connectivity index (χ3n) is 2.32. The molecule has 0 nitrogen and oxygen atoms in total. The first-order chi connectivity index (χ1) is 5.49. The van der Waals surface area contributed by atoms with Gasteiger partial charge in [0.25, 0.3) is 0 Å². The van der Waals surface area contributed by atoms with Crippen LogP contribution in [0.3, 0.4) is 0 Å². The molecular weight excluding hydrogens is 203 g/mol. The second-order valence-electron chi connectivity index (χ2n) is 5.82. The van der Waals surface area contributed by atoms with E-state index in [1.54, 1.807) is 0 Å². The first kappa shape index (κ1) is 11.4. The van der Waals surface area contributed by atoms with Gasteiger partial charge in [0.2, 0.25) is 0 Å². The predicted octanol–water partition coefficient (Wildman–Crippen LogP) is 4.56. The number of hydrogen-bond acceptors (Lipinski definition) is 0. The number of allylic oxidation sites excluding steroid dienone is 2. The van der Waals surface area contributed by atoms with Gasteiger partial charge < -0.3 is 0 Å². The van der Waals surface area contributed by atoms with E-state index in [-0.39, 0.29) is 10.8 Å². The minimum Gasteiger partial charge on any atom is -0.0916 e. The summed E-state index contributed by atoms with van der Waals surface area (Å²) in [6.45, 7) is 12.9. The minimum absolute atomic E-state index is 0.0894. The van der Waals surface area contributed by atoms with Crippen LogP contribution in [-0.2, 0) is 0 Å². The molecule has 0 saturated carbocycles. The van der Waals surface area contributed by atoms with Crippen molar-refractivity contribution in [1.82, 2.24) is 0 Å². The largest absolute Gasteiger partial charge is 0.162 e. The standard InChI is InChI=1S/C11H18Cl2/c1-9(2,3)7-8(10(4,5)6)11(7,12)13/h1-6H3. The highest BCUT2D eigenvalue weighted by molar-refractivity contribution is 6.56. The molecule has 0 spiro atoms. The molecule has 0 bridgehead atoms. The van der Waals surface area contributed by atoms with Crippen molar-refractivity contribution < 1.29 is 0 Å². The summed E-state index contributed by atoms with van der Waals surface area (Å²) in [6.07, 6.45) is 0. The summed E-state index contributed by atoms with van der Waals surface area (Å²) in [5, 5.41) is 0. The van der Waals surface area contributed by atoms with Crippen LogP contribution in [0.5, 0.6) is 0 Å². The molecule has 2 heteroatoms. The predicted molar refractivity (Wildman–Crippen MR) is 60.4 cm³/mol. The van der Waals surface area contributed by atoms with Gasteiger partial charge in [-0.05, 0) is 22.0 Å². The van der Waals surface area contributed by atoms with Gasteiger partial charge in [-0.1, -0.05) is 64.7 Å². The normalized spacial score (nSPS) is 22.2. The maximum Gasteiger partial charge on any atom is 0.162 e. The van der Waals surface area contributed by atoms with Crippen molar-refractivity contribution in [2.24, 2.45) is 10.8 Å². The maximum absolute atomic E-state index is 6.23. The van der Waals surface area contributed by atoms with Crippen LogP contribution in [0.15, 0.2) is 11.1 Å². The van der Waals surface area contributed by atoms with Crippen molar-refractivity contribution in [2.75, 3.05) is 0 Å². The van der Waals surface area contributed by atoms with Gasteiger partial charge in [0.05, 0.1) is 0 Å². The smallest absolute Gasteiger partial charge is 0.0916 e. The molecule has 1 aliphatic rings. The Bertz CT molecular complexity index is 233. The molecule has 0 fully saturated rings. The van der Waals surface area contributed by atoms with Crippen molar-refractivity contribution >= 4 is 23.2 Å². The molecule has 13 heavy (non-hydrogen) atoms. The highest BCUT2D eigenvalue weighted by Gasteiger charge is 2.58. The zero-order valence-electron chi connectivity index (χ0n) is 9.26. The molecule has 1 aliphatic carbocycles. The summed E-state index contributed by atoms with van der Waals surface area (Å²) in [4.78, 5) is 0. The molecule has 1 rings (SSSR count). The van der Waals surface area contributed by atoms with Crippen molar-refractivity contribution in [1.29, 1.82) is 0 Å². The SMILES string of the molecule is CC(C)(C)C1=C(C(C)(C)C)C1(Cl)Cl. The average Bonchev–Trinajstić information content (AvgIpc) is 2.29. The van der Waals surface area contributed by atoms with E-state index in [2.05, 4.69) is 41.5 Å². The van der Waals surface area contributed by atoms with Crippen LogP contribution < -0.4 is 0 Å². The Hall–Kier alpha value is 0.320. The Balaban J connectivity index is 3.05. The summed E-state index contributed by atoms with van der Waals surface area (Å²) < 4.78 is -0.670. The van der Waals surface area contributed by atoms with E-state index < -0.39 is 4.33 Å². The van der Waals surface area contributed by atoms with Gasteiger partial charge in [-0.3, -0.25) is 0 Å². The number of alkyl halides is 2. The lowest BCUT2D eigenvalue weighted by Crippen LogP contribution is -2.11. The first-order valence-corrected chi connectivity index (χ1v) is 5.38. The summed E-state index contributed by atoms with van der Waals surface area (Å²) in [7, 11) is 0. The van der Waals surface area contributed by atoms with Gasteiger partial charge in [0.15, 0.2) is 4.33 Å². The van der Waals surface area contributed by atoms with Crippen LogP contribution in [0, 0.1) is 10.8 Å². The summed E-state index contributed by atoms with van der Waals surface area (Å²) >= 11 is 12.5. The van der Waals surface area contributed by atoms with Crippen molar-refractivity contribution in [3.63, 3.8) is 0 Å². The highest BCUT2D eigenvalue weighted by atomic mass is 35.5. The zero-order chi connectivity index (χ0) is 10.7. The molecule has 0 aromatic rings. The summed E-state index contributed by atoms with van der Waals surface area (Å²) in [5.74, 6) is 0. The Labute approximate surface area is 91.3 Å². The van der Waals surface area contributed by atoms with Crippen LogP contribution in [0.1, 0.15) is 41.5 Å². The van der Waals surface area contributed by atoms with Crippen molar-refractivity contribution in [3.05, 3.63) is 11.1 Å². The third kappa shape index (κ3) is 1.89. The molecule has 0 atom stereocenters. The van der Waals surface area contributed by atoms with Crippen molar-refractivity contribution in [2.45, 2.75) is 45.9 Å². The Morgan fingerprint density at radius 2 is 1.00 bits per heavy atom. The zero-order valence-corrected chi connectivity index (χ0v) is 10.8. The van der Waals surface area contributed by atoms with E-state index in [0.29, 0.717) is 0 Å². The molecule has 0 saturated heterocycles. The summed E-state index contributed by atoms with van der Waals surface area (Å²) in [5.41, 5.74) is 2.59. The number of halogens is 2. The Kier molecular flexibility index (Phi) is 2.34. The fourth-order valence-corrected chi connectivity index (χ4v) is 3.34. The molecule has 0 aromatic heterocycles. The molecule has 0 unspecified atom stereocenters. The maximum atomic E-state index is 6.23. The van der Waals surface area contributed by atoms with Crippen LogP contribution >= 0.6 is 23.2 Å². The number of rotatable bonds is 0. The fraction of sp³-hybridized carbons (Fsp3) is 0.818. The second-order valence-corrected chi connectivity index (χ2v) is 7.15. The van der Waals surface area contributed by atoms with Crippen LogP contribution in [-0.4, -0.2) is 4.33 Å². The van der Waals surface area contributed by atoms with Crippen LogP contribution in [0.4, 0.5) is 0 Å². The van der Waals surface area contributed by atoms with Gasteiger partial charge in [0.1, 0.15) is 0 Å². The van der Waals surface area contributed by atoms with Gasteiger partial charge in [-0.25, -0.2) is 0 Å². The molecule has 0 amide bonds. The van der Waals surface area contributed by atoms with Gasteiger partial charge >= 0.3 is 0 Å².